The highest BCUT2D eigenvalue weighted by Gasteiger charge is 2.30. The Hall–Kier alpha value is -2.41. The van der Waals surface area contributed by atoms with E-state index in [1.807, 2.05) is 23.1 Å². The monoisotopic (exact) mass is 339 g/mol. The molecule has 0 saturated carbocycles. The SMILES string of the molecule is O=C1C(Sc2ncnc3nc[nH]c23)CCCN1Cc1ccccc1. The Bertz CT molecular complexity index is 850. The van der Waals surface area contributed by atoms with E-state index in [0.29, 0.717) is 12.2 Å². The first-order valence-electron chi connectivity index (χ1n) is 7.95. The molecule has 122 valence electrons. The van der Waals surface area contributed by atoms with Crippen LogP contribution in [0.15, 0.2) is 48.0 Å². The molecule has 3 aromatic rings. The Morgan fingerprint density at radius 1 is 1.21 bits per heavy atom. The maximum absolute atomic E-state index is 12.8. The van der Waals surface area contributed by atoms with Gasteiger partial charge in [-0.25, -0.2) is 15.0 Å². The molecule has 0 spiro atoms. The van der Waals surface area contributed by atoms with Crippen molar-refractivity contribution in [1.29, 1.82) is 0 Å². The number of aromatic amines is 1. The van der Waals surface area contributed by atoms with Crippen molar-refractivity contribution in [3.63, 3.8) is 0 Å². The first kappa shape index (κ1) is 15.1. The van der Waals surface area contributed by atoms with Crippen LogP contribution in [0, 0.1) is 0 Å². The van der Waals surface area contributed by atoms with Gasteiger partial charge in [0.2, 0.25) is 5.91 Å². The number of hydrogen-bond donors (Lipinski definition) is 1. The van der Waals surface area contributed by atoms with Gasteiger partial charge < -0.3 is 9.88 Å². The number of carbonyl (C=O) groups excluding carboxylic acids is 1. The number of carbonyl (C=O) groups is 1. The van der Waals surface area contributed by atoms with Crippen molar-refractivity contribution in [3.8, 4) is 0 Å². The van der Waals surface area contributed by atoms with Crippen LogP contribution in [0.4, 0.5) is 0 Å². The Balaban J connectivity index is 1.51. The van der Waals surface area contributed by atoms with E-state index in [1.165, 1.54) is 18.1 Å². The molecule has 1 amide bonds. The quantitative estimate of drug-likeness (QED) is 0.740. The summed E-state index contributed by atoms with van der Waals surface area (Å²) in [5.74, 6) is 0.182. The summed E-state index contributed by atoms with van der Waals surface area (Å²) in [6.07, 6.45) is 4.98. The third-order valence-corrected chi connectivity index (χ3v) is 5.39. The Kier molecular flexibility index (Phi) is 4.17. The largest absolute Gasteiger partial charge is 0.341 e. The third-order valence-electron chi connectivity index (χ3n) is 4.14. The van der Waals surface area contributed by atoms with Crippen LogP contribution in [0.25, 0.3) is 11.2 Å². The fourth-order valence-electron chi connectivity index (χ4n) is 2.94. The number of piperidine rings is 1. The van der Waals surface area contributed by atoms with Gasteiger partial charge in [0.05, 0.1) is 11.6 Å². The summed E-state index contributed by atoms with van der Waals surface area (Å²) in [4.78, 5) is 30.4. The zero-order valence-electron chi connectivity index (χ0n) is 13.1. The minimum atomic E-state index is -0.108. The average Bonchev–Trinajstić information content (AvgIpc) is 3.09. The molecule has 1 aliphatic rings. The normalized spacial score (nSPS) is 18.2. The fourth-order valence-corrected chi connectivity index (χ4v) is 4.12. The van der Waals surface area contributed by atoms with E-state index in [2.05, 4.69) is 32.1 Å². The molecule has 6 nitrogen and oxygen atoms in total. The molecule has 1 unspecified atom stereocenters. The summed E-state index contributed by atoms with van der Waals surface area (Å²) in [6, 6.07) is 10.1. The predicted octanol–water partition coefficient (Wildman–Crippen LogP) is 2.64. The maximum atomic E-state index is 12.8. The number of benzene rings is 1. The van der Waals surface area contributed by atoms with Crippen molar-refractivity contribution < 1.29 is 4.79 Å². The fraction of sp³-hybridized carbons (Fsp3) is 0.294. The van der Waals surface area contributed by atoms with Crippen LogP contribution in [-0.2, 0) is 11.3 Å². The number of hydrogen-bond acceptors (Lipinski definition) is 5. The molecule has 0 radical (unpaired) electrons. The topological polar surface area (TPSA) is 74.8 Å². The third kappa shape index (κ3) is 2.99. The Morgan fingerprint density at radius 3 is 2.96 bits per heavy atom. The van der Waals surface area contributed by atoms with E-state index >= 15 is 0 Å². The zero-order chi connectivity index (χ0) is 16.4. The molecule has 1 fully saturated rings. The molecule has 3 heterocycles. The highest BCUT2D eigenvalue weighted by molar-refractivity contribution is 8.00. The van der Waals surface area contributed by atoms with Gasteiger partial charge in [-0.15, -0.1) is 0 Å². The second-order valence-electron chi connectivity index (χ2n) is 5.77. The molecule has 1 saturated heterocycles. The number of amides is 1. The molecular weight excluding hydrogens is 322 g/mol. The molecule has 1 N–H and O–H groups in total. The zero-order valence-corrected chi connectivity index (χ0v) is 13.9. The van der Waals surface area contributed by atoms with Gasteiger partial charge >= 0.3 is 0 Å². The summed E-state index contributed by atoms with van der Waals surface area (Å²) in [6.45, 7) is 1.48. The molecule has 0 bridgehead atoms. The molecule has 7 heteroatoms. The van der Waals surface area contributed by atoms with Crippen LogP contribution in [0.3, 0.4) is 0 Å². The lowest BCUT2D eigenvalue weighted by Crippen LogP contribution is -2.42. The molecule has 24 heavy (non-hydrogen) atoms. The second kappa shape index (κ2) is 6.60. The number of aromatic nitrogens is 4. The molecular formula is C17H17N5OS. The average molecular weight is 339 g/mol. The van der Waals surface area contributed by atoms with Gasteiger partial charge in [0, 0.05) is 13.1 Å². The van der Waals surface area contributed by atoms with Crippen LogP contribution in [0.5, 0.6) is 0 Å². The van der Waals surface area contributed by atoms with Crippen LogP contribution >= 0.6 is 11.8 Å². The number of H-pyrrole nitrogens is 1. The molecule has 1 atom stereocenters. The van der Waals surface area contributed by atoms with Crippen molar-refractivity contribution in [2.24, 2.45) is 0 Å². The van der Waals surface area contributed by atoms with E-state index in [0.717, 1.165) is 35.5 Å². The van der Waals surface area contributed by atoms with Crippen LogP contribution in [-0.4, -0.2) is 42.5 Å². The Morgan fingerprint density at radius 2 is 2.08 bits per heavy atom. The number of fused-ring (bicyclic) bond motifs is 1. The minimum absolute atomic E-state index is 0.108. The number of likely N-dealkylation sites (tertiary alicyclic amines) is 1. The van der Waals surface area contributed by atoms with E-state index in [-0.39, 0.29) is 11.2 Å². The van der Waals surface area contributed by atoms with Crippen LogP contribution in [0.2, 0.25) is 0 Å². The van der Waals surface area contributed by atoms with Crippen molar-refractivity contribution in [1.82, 2.24) is 24.8 Å². The number of thioether (sulfide) groups is 1. The molecule has 4 rings (SSSR count). The van der Waals surface area contributed by atoms with Crippen molar-refractivity contribution in [3.05, 3.63) is 48.5 Å². The summed E-state index contributed by atoms with van der Waals surface area (Å²) in [5.41, 5.74) is 2.60. The summed E-state index contributed by atoms with van der Waals surface area (Å²) < 4.78 is 0. The standard InChI is InChI=1S/C17H17N5OS/c23-17-13(24-16-14-15(19-10-18-14)20-11-21-16)7-4-8-22(17)9-12-5-2-1-3-6-12/h1-3,5-6,10-11,13H,4,7-9H2,(H,18,19,20,21). The van der Waals surface area contributed by atoms with Gasteiger partial charge in [-0.05, 0) is 18.4 Å². The number of rotatable bonds is 4. The van der Waals surface area contributed by atoms with Crippen molar-refractivity contribution >= 4 is 28.8 Å². The molecule has 1 aliphatic heterocycles. The lowest BCUT2D eigenvalue weighted by molar-refractivity contribution is -0.133. The summed E-state index contributed by atoms with van der Waals surface area (Å²) >= 11 is 1.51. The van der Waals surface area contributed by atoms with Crippen LogP contribution < -0.4 is 0 Å². The van der Waals surface area contributed by atoms with Crippen LogP contribution in [0.1, 0.15) is 18.4 Å². The van der Waals surface area contributed by atoms with E-state index < -0.39 is 0 Å². The van der Waals surface area contributed by atoms with Crippen molar-refractivity contribution in [2.45, 2.75) is 29.7 Å². The van der Waals surface area contributed by atoms with E-state index in [4.69, 9.17) is 0 Å². The van der Waals surface area contributed by atoms with Gasteiger partial charge in [0.25, 0.3) is 0 Å². The number of nitrogens with one attached hydrogen (secondary N) is 1. The lowest BCUT2D eigenvalue weighted by atomic mass is 10.1. The maximum Gasteiger partial charge on any atom is 0.236 e. The van der Waals surface area contributed by atoms with E-state index in [1.54, 1.807) is 6.33 Å². The molecule has 1 aromatic carbocycles. The van der Waals surface area contributed by atoms with Gasteiger partial charge in [0.1, 0.15) is 16.9 Å². The summed E-state index contributed by atoms with van der Waals surface area (Å²) in [7, 11) is 0. The Labute approximate surface area is 143 Å². The first-order valence-corrected chi connectivity index (χ1v) is 8.82. The van der Waals surface area contributed by atoms with Gasteiger partial charge in [-0.2, -0.15) is 0 Å². The first-order chi connectivity index (χ1) is 11.8. The molecule has 2 aromatic heterocycles. The van der Waals surface area contributed by atoms with Gasteiger partial charge in [-0.1, -0.05) is 42.1 Å². The number of imidazole rings is 1. The molecule has 0 aliphatic carbocycles. The highest BCUT2D eigenvalue weighted by Crippen LogP contribution is 2.32. The smallest absolute Gasteiger partial charge is 0.236 e. The number of nitrogens with zero attached hydrogens (tertiary/aromatic N) is 4. The minimum Gasteiger partial charge on any atom is -0.341 e. The van der Waals surface area contributed by atoms with Crippen molar-refractivity contribution in [2.75, 3.05) is 6.54 Å². The van der Waals surface area contributed by atoms with Gasteiger partial charge in [-0.3, -0.25) is 4.79 Å². The van der Waals surface area contributed by atoms with E-state index in [9.17, 15) is 4.79 Å². The predicted molar refractivity (Wildman–Crippen MR) is 92.4 cm³/mol. The van der Waals surface area contributed by atoms with Gasteiger partial charge in [0.15, 0.2) is 5.65 Å². The summed E-state index contributed by atoms with van der Waals surface area (Å²) in [5, 5.41) is 0.682. The lowest BCUT2D eigenvalue weighted by Gasteiger charge is -2.31. The second-order valence-corrected chi connectivity index (χ2v) is 6.97. The highest BCUT2D eigenvalue weighted by atomic mass is 32.2.